The minimum atomic E-state index is 0.402. The van der Waals surface area contributed by atoms with Crippen LogP contribution in [0.3, 0.4) is 0 Å². The van der Waals surface area contributed by atoms with Gasteiger partial charge in [-0.1, -0.05) is 37.9 Å². The number of hydrogen-bond acceptors (Lipinski definition) is 2. The van der Waals surface area contributed by atoms with Crippen LogP contribution in [0, 0.1) is 0 Å². The second kappa shape index (κ2) is 6.60. The molecule has 1 saturated heterocycles. The predicted molar refractivity (Wildman–Crippen MR) is 83.7 cm³/mol. The van der Waals surface area contributed by atoms with Crippen LogP contribution in [0.25, 0.3) is 0 Å². The third-order valence-corrected chi connectivity index (χ3v) is 5.68. The fourth-order valence-electron chi connectivity index (χ4n) is 2.08. The Morgan fingerprint density at radius 1 is 1.47 bits per heavy atom. The van der Waals surface area contributed by atoms with Crippen molar-refractivity contribution in [3.8, 4) is 0 Å². The van der Waals surface area contributed by atoms with Crippen LogP contribution in [0.15, 0.2) is 27.1 Å². The fourth-order valence-corrected chi connectivity index (χ4v) is 4.68. The quantitative estimate of drug-likeness (QED) is 0.810. The van der Waals surface area contributed by atoms with Crippen molar-refractivity contribution in [1.29, 1.82) is 0 Å². The van der Waals surface area contributed by atoms with E-state index in [1.165, 1.54) is 28.6 Å². The van der Waals surface area contributed by atoms with E-state index in [4.69, 9.17) is 0 Å². The van der Waals surface area contributed by atoms with E-state index in [0.29, 0.717) is 6.04 Å². The molecule has 4 heteroatoms. The van der Waals surface area contributed by atoms with Crippen molar-refractivity contribution in [3.05, 3.63) is 32.7 Å². The molecule has 0 aliphatic carbocycles. The maximum Gasteiger partial charge on any atom is 0.0303 e. The summed E-state index contributed by atoms with van der Waals surface area (Å²) in [6.07, 6.45) is 2.75. The highest BCUT2D eigenvalue weighted by Gasteiger charge is 2.17. The Labute approximate surface area is 124 Å². The second-order valence-electron chi connectivity index (χ2n) is 4.43. The van der Waals surface area contributed by atoms with Gasteiger partial charge in [0, 0.05) is 26.8 Å². The van der Waals surface area contributed by atoms with Gasteiger partial charge in [-0.05, 0) is 43.2 Å². The monoisotopic (exact) mass is 377 g/mol. The fraction of sp³-hybridized carbons (Fsp3) is 0.538. The summed E-state index contributed by atoms with van der Waals surface area (Å²) in [6, 6.07) is 6.78. The summed E-state index contributed by atoms with van der Waals surface area (Å²) in [6.45, 7) is 3.35. The van der Waals surface area contributed by atoms with E-state index in [-0.39, 0.29) is 0 Å². The predicted octanol–water partition coefficient (Wildman–Crippen LogP) is 4.76. The van der Waals surface area contributed by atoms with Gasteiger partial charge in [-0.25, -0.2) is 0 Å². The Morgan fingerprint density at radius 3 is 2.94 bits per heavy atom. The van der Waals surface area contributed by atoms with Crippen molar-refractivity contribution in [1.82, 2.24) is 5.32 Å². The molecule has 1 fully saturated rings. The number of halogens is 2. The van der Waals surface area contributed by atoms with Gasteiger partial charge in [0.1, 0.15) is 0 Å². The van der Waals surface area contributed by atoms with Crippen molar-refractivity contribution < 1.29 is 0 Å². The molecule has 1 heterocycles. The van der Waals surface area contributed by atoms with E-state index in [0.717, 1.165) is 16.3 Å². The molecule has 1 aliphatic rings. The van der Waals surface area contributed by atoms with E-state index in [1.807, 2.05) is 0 Å². The summed E-state index contributed by atoms with van der Waals surface area (Å²) in [7, 11) is 0. The zero-order valence-electron chi connectivity index (χ0n) is 9.88. The summed E-state index contributed by atoms with van der Waals surface area (Å²) in [5, 5.41) is 4.45. The van der Waals surface area contributed by atoms with Crippen molar-refractivity contribution in [2.75, 3.05) is 12.3 Å². The molecule has 2 atom stereocenters. The highest BCUT2D eigenvalue weighted by molar-refractivity contribution is 9.11. The van der Waals surface area contributed by atoms with Crippen molar-refractivity contribution in [2.24, 2.45) is 0 Å². The van der Waals surface area contributed by atoms with Gasteiger partial charge in [-0.15, -0.1) is 0 Å². The number of benzene rings is 1. The molecule has 0 spiro atoms. The largest absolute Gasteiger partial charge is 0.309 e. The smallest absolute Gasteiger partial charge is 0.0303 e. The van der Waals surface area contributed by atoms with Gasteiger partial charge in [0.15, 0.2) is 0 Å². The molecule has 2 rings (SSSR count). The molecule has 1 aromatic carbocycles. The zero-order valence-corrected chi connectivity index (χ0v) is 13.9. The molecular weight excluding hydrogens is 362 g/mol. The van der Waals surface area contributed by atoms with E-state index in [9.17, 15) is 0 Å². The first kappa shape index (κ1) is 13.9. The van der Waals surface area contributed by atoms with E-state index < -0.39 is 0 Å². The van der Waals surface area contributed by atoms with Crippen LogP contribution < -0.4 is 5.32 Å². The standard InChI is InChI=1S/C13H17Br2NS/c1-9(16-8-11-3-2-6-17-11)12-5-4-10(14)7-13(12)15/h4-5,7,9,11,16H,2-3,6,8H2,1H3. The summed E-state index contributed by atoms with van der Waals surface area (Å²) < 4.78 is 2.29. The molecule has 2 unspecified atom stereocenters. The lowest BCUT2D eigenvalue weighted by atomic mass is 10.1. The second-order valence-corrected chi connectivity index (χ2v) is 7.61. The third kappa shape index (κ3) is 3.98. The molecule has 0 aromatic heterocycles. The Bertz CT molecular complexity index is 378. The molecule has 1 N–H and O–H groups in total. The Balaban J connectivity index is 1.91. The molecule has 0 radical (unpaired) electrons. The lowest BCUT2D eigenvalue weighted by molar-refractivity contribution is 0.558. The van der Waals surface area contributed by atoms with E-state index >= 15 is 0 Å². The molecule has 17 heavy (non-hydrogen) atoms. The lowest BCUT2D eigenvalue weighted by Gasteiger charge is -2.18. The minimum Gasteiger partial charge on any atom is -0.309 e. The Hall–Kier alpha value is 0.490. The highest BCUT2D eigenvalue weighted by atomic mass is 79.9. The van der Waals surface area contributed by atoms with Crippen LogP contribution >= 0.6 is 43.6 Å². The maximum absolute atomic E-state index is 3.63. The average Bonchev–Trinajstić information content (AvgIpc) is 2.78. The van der Waals surface area contributed by atoms with Gasteiger partial charge >= 0.3 is 0 Å². The number of thioether (sulfide) groups is 1. The van der Waals surface area contributed by atoms with Crippen LogP contribution in [0.2, 0.25) is 0 Å². The van der Waals surface area contributed by atoms with Gasteiger partial charge in [0.25, 0.3) is 0 Å². The summed E-state index contributed by atoms with van der Waals surface area (Å²) >= 11 is 9.22. The molecule has 94 valence electrons. The lowest BCUT2D eigenvalue weighted by Crippen LogP contribution is -2.26. The number of hydrogen-bond donors (Lipinski definition) is 1. The first-order valence-electron chi connectivity index (χ1n) is 5.97. The minimum absolute atomic E-state index is 0.402. The van der Waals surface area contributed by atoms with Gasteiger partial charge in [0.2, 0.25) is 0 Å². The molecular formula is C13H17Br2NS. The third-order valence-electron chi connectivity index (χ3n) is 3.10. The normalized spacial score (nSPS) is 21.7. The van der Waals surface area contributed by atoms with Crippen molar-refractivity contribution >= 4 is 43.6 Å². The number of rotatable bonds is 4. The molecule has 0 saturated carbocycles. The molecule has 1 aliphatic heterocycles. The van der Waals surface area contributed by atoms with Gasteiger partial charge in [0.05, 0.1) is 0 Å². The van der Waals surface area contributed by atoms with Gasteiger partial charge < -0.3 is 5.32 Å². The summed E-state index contributed by atoms with van der Waals surface area (Å²) in [5.74, 6) is 1.34. The summed E-state index contributed by atoms with van der Waals surface area (Å²) in [4.78, 5) is 0. The SMILES string of the molecule is CC(NCC1CCCS1)c1ccc(Br)cc1Br. The van der Waals surface area contributed by atoms with Crippen molar-refractivity contribution in [2.45, 2.75) is 31.1 Å². The summed E-state index contributed by atoms with van der Waals surface area (Å²) in [5.41, 5.74) is 1.33. The topological polar surface area (TPSA) is 12.0 Å². The first-order chi connectivity index (χ1) is 8.16. The Kier molecular flexibility index (Phi) is 5.40. The van der Waals surface area contributed by atoms with E-state index in [2.05, 4.69) is 74.1 Å². The average molecular weight is 379 g/mol. The molecule has 1 aromatic rings. The van der Waals surface area contributed by atoms with Crippen molar-refractivity contribution in [3.63, 3.8) is 0 Å². The van der Waals surface area contributed by atoms with Crippen LogP contribution in [0.4, 0.5) is 0 Å². The van der Waals surface area contributed by atoms with Crippen LogP contribution in [0.1, 0.15) is 31.4 Å². The maximum atomic E-state index is 3.63. The molecule has 0 bridgehead atoms. The van der Waals surface area contributed by atoms with Gasteiger partial charge in [-0.3, -0.25) is 0 Å². The molecule has 1 nitrogen and oxygen atoms in total. The Morgan fingerprint density at radius 2 is 2.29 bits per heavy atom. The first-order valence-corrected chi connectivity index (χ1v) is 8.60. The van der Waals surface area contributed by atoms with Gasteiger partial charge in [-0.2, -0.15) is 11.8 Å². The highest BCUT2D eigenvalue weighted by Crippen LogP contribution is 2.29. The van der Waals surface area contributed by atoms with Crippen LogP contribution in [-0.2, 0) is 0 Å². The van der Waals surface area contributed by atoms with Crippen LogP contribution in [-0.4, -0.2) is 17.5 Å². The molecule has 0 amide bonds. The zero-order chi connectivity index (χ0) is 12.3. The van der Waals surface area contributed by atoms with Crippen LogP contribution in [0.5, 0.6) is 0 Å². The number of nitrogens with one attached hydrogen (secondary N) is 1. The van der Waals surface area contributed by atoms with E-state index in [1.54, 1.807) is 0 Å².